The summed E-state index contributed by atoms with van der Waals surface area (Å²) in [5.74, 6) is 0.790. The van der Waals surface area contributed by atoms with Gasteiger partial charge in [-0.2, -0.15) is 5.10 Å². The number of para-hydroxylation sites is 1. The fourth-order valence-electron chi connectivity index (χ4n) is 3.02. The number of anilines is 1. The number of fused-ring (bicyclic) bond motifs is 1. The first-order valence-corrected chi connectivity index (χ1v) is 7.94. The minimum atomic E-state index is 0. The molecule has 1 aliphatic rings. The van der Waals surface area contributed by atoms with E-state index >= 15 is 0 Å². The molecule has 1 aromatic heterocycles. The number of benzene rings is 1. The fourth-order valence-corrected chi connectivity index (χ4v) is 3.02. The highest BCUT2D eigenvalue weighted by Crippen LogP contribution is 2.26. The highest BCUT2D eigenvalue weighted by Gasteiger charge is 2.23. The first kappa shape index (κ1) is 20.8. The van der Waals surface area contributed by atoms with Crippen LogP contribution in [0.2, 0.25) is 0 Å². The Labute approximate surface area is 156 Å². The van der Waals surface area contributed by atoms with Crippen LogP contribution in [0.1, 0.15) is 17.7 Å². The summed E-state index contributed by atoms with van der Waals surface area (Å²) in [6.07, 6.45) is 2.18. The highest BCUT2D eigenvalue weighted by molar-refractivity contribution is 5.85. The van der Waals surface area contributed by atoms with Crippen molar-refractivity contribution in [1.82, 2.24) is 19.6 Å². The zero-order valence-electron chi connectivity index (χ0n) is 14.3. The third kappa shape index (κ3) is 4.63. The molecular formula is C17H27Cl2N5. The maximum absolute atomic E-state index is 6.36. The molecule has 0 amide bonds. The van der Waals surface area contributed by atoms with E-state index in [0.717, 1.165) is 49.8 Å². The number of aromatic nitrogens is 2. The number of nitrogens with two attached hydrogens (primary N) is 1. The Morgan fingerprint density at radius 3 is 2.54 bits per heavy atom. The number of nitrogens with zero attached hydrogens (tertiary/aromatic N) is 4. The zero-order valence-corrected chi connectivity index (χ0v) is 15.9. The predicted octanol–water partition coefficient (Wildman–Crippen LogP) is 2.61. The molecule has 7 heteroatoms. The molecule has 2 heterocycles. The Balaban J connectivity index is 0.00000144. The maximum atomic E-state index is 6.36. The smallest absolute Gasteiger partial charge is 0.132 e. The third-order valence-electron chi connectivity index (χ3n) is 4.23. The van der Waals surface area contributed by atoms with Gasteiger partial charge in [0, 0.05) is 25.1 Å². The van der Waals surface area contributed by atoms with Crippen molar-refractivity contribution in [3.8, 4) is 5.69 Å². The van der Waals surface area contributed by atoms with Gasteiger partial charge in [-0.1, -0.05) is 18.2 Å². The fraction of sp³-hybridized carbons (Fsp3) is 0.471. The third-order valence-corrected chi connectivity index (χ3v) is 4.23. The monoisotopic (exact) mass is 371 g/mol. The zero-order chi connectivity index (χ0) is 15.5. The molecule has 0 fully saturated rings. The quantitative estimate of drug-likeness (QED) is 0.877. The number of hydrogen-bond donors (Lipinski definition) is 1. The van der Waals surface area contributed by atoms with E-state index in [4.69, 9.17) is 10.8 Å². The average Bonchev–Trinajstić information content (AvgIpc) is 2.85. The summed E-state index contributed by atoms with van der Waals surface area (Å²) >= 11 is 0. The molecule has 24 heavy (non-hydrogen) atoms. The van der Waals surface area contributed by atoms with Gasteiger partial charge < -0.3 is 10.6 Å². The van der Waals surface area contributed by atoms with Gasteiger partial charge in [0.25, 0.3) is 0 Å². The van der Waals surface area contributed by atoms with Crippen LogP contribution in [0.4, 0.5) is 5.82 Å². The van der Waals surface area contributed by atoms with Crippen LogP contribution in [0.3, 0.4) is 0 Å². The molecule has 0 saturated carbocycles. The molecule has 2 N–H and O–H groups in total. The van der Waals surface area contributed by atoms with E-state index in [1.54, 1.807) is 0 Å². The summed E-state index contributed by atoms with van der Waals surface area (Å²) in [5, 5.41) is 4.72. The largest absolute Gasteiger partial charge is 0.383 e. The van der Waals surface area contributed by atoms with E-state index in [1.807, 2.05) is 35.0 Å². The van der Waals surface area contributed by atoms with Crippen molar-refractivity contribution in [1.29, 1.82) is 0 Å². The Kier molecular flexibility index (Phi) is 8.03. The second-order valence-electron chi connectivity index (χ2n) is 6.24. The van der Waals surface area contributed by atoms with Crippen LogP contribution in [0.5, 0.6) is 0 Å². The van der Waals surface area contributed by atoms with Gasteiger partial charge in [0.05, 0.1) is 11.4 Å². The van der Waals surface area contributed by atoms with Crippen LogP contribution in [0.25, 0.3) is 5.69 Å². The predicted molar refractivity (Wildman–Crippen MR) is 105 cm³/mol. The second-order valence-corrected chi connectivity index (χ2v) is 6.24. The van der Waals surface area contributed by atoms with Crippen LogP contribution in [-0.4, -0.2) is 53.3 Å². The number of rotatable bonds is 5. The minimum Gasteiger partial charge on any atom is -0.383 e. The van der Waals surface area contributed by atoms with Gasteiger partial charge in [-0.15, -0.1) is 24.8 Å². The molecule has 1 aromatic carbocycles. The van der Waals surface area contributed by atoms with Gasteiger partial charge in [-0.05, 0) is 45.7 Å². The molecule has 3 rings (SSSR count). The first-order valence-electron chi connectivity index (χ1n) is 7.94. The van der Waals surface area contributed by atoms with Gasteiger partial charge >= 0.3 is 0 Å². The lowest BCUT2D eigenvalue weighted by Crippen LogP contribution is -2.32. The highest BCUT2D eigenvalue weighted by atomic mass is 35.5. The standard InChI is InChI=1S/C17H25N5.2ClH/c1-20(2)10-6-11-21-12-9-16-15(13-21)17(18)22(19-16)14-7-4-3-5-8-14;;/h3-5,7-8H,6,9-13,18H2,1-2H3;2*1H. The van der Waals surface area contributed by atoms with Gasteiger partial charge in [0.2, 0.25) is 0 Å². The first-order chi connectivity index (χ1) is 10.6. The summed E-state index contributed by atoms with van der Waals surface area (Å²) < 4.78 is 1.88. The van der Waals surface area contributed by atoms with Crippen molar-refractivity contribution in [2.45, 2.75) is 19.4 Å². The molecule has 0 atom stereocenters. The van der Waals surface area contributed by atoms with E-state index in [1.165, 1.54) is 12.0 Å². The summed E-state index contributed by atoms with van der Waals surface area (Å²) in [6, 6.07) is 10.1. The number of nitrogen functional groups attached to an aromatic ring is 1. The lowest BCUT2D eigenvalue weighted by atomic mass is 10.1. The maximum Gasteiger partial charge on any atom is 0.132 e. The van der Waals surface area contributed by atoms with Crippen molar-refractivity contribution in [3.63, 3.8) is 0 Å². The van der Waals surface area contributed by atoms with Crippen LogP contribution in [0, 0.1) is 0 Å². The molecule has 1 aliphatic heterocycles. The molecule has 0 spiro atoms. The van der Waals surface area contributed by atoms with Crippen LogP contribution in [-0.2, 0) is 13.0 Å². The van der Waals surface area contributed by atoms with Gasteiger partial charge in [-0.25, -0.2) is 4.68 Å². The van der Waals surface area contributed by atoms with Crippen molar-refractivity contribution in [2.75, 3.05) is 39.5 Å². The molecule has 0 saturated heterocycles. The van der Waals surface area contributed by atoms with Crippen molar-refractivity contribution >= 4 is 30.6 Å². The van der Waals surface area contributed by atoms with E-state index in [0.29, 0.717) is 0 Å². The van der Waals surface area contributed by atoms with E-state index in [-0.39, 0.29) is 24.8 Å². The van der Waals surface area contributed by atoms with E-state index in [9.17, 15) is 0 Å². The molecule has 0 radical (unpaired) electrons. The van der Waals surface area contributed by atoms with Gasteiger partial charge in [0.15, 0.2) is 0 Å². The SMILES string of the molecule is CN(C)CCCN1CCc2nn(-c3ccccc3)c(N)c2C1.Cl.Cl. The normalized spacial score (nSPS) is 14.0. The van der Waals surface area contributed by atoms with E-state index in [2.05, 4.69) is 23.9 Å². The Hall–Kier alpha value is -1.27. The van der Waals surface area contributed by atoms with Crippen molar-refractivity contribution < 1.29 is 0 Å². The summed E-state index contributed by atoms with van der Waals surface area (Å²) in [6.45, 7) is 4.24. The summed E-state index contributed by atoms with van der Waals surface area (Å²) in [4.78, 5) is 4.72. The average molecular weight is 372 g/mol. The molecule has 0 aliphatic carbocycles. The Morgan fingerprint density at radius 1 is 1.17 bits per heavy atom. The van der Waals surface area contributed by atoms with Gasteiger partial charge in [-0.3, -0.25) is 4.90 Å². The summed E-state index contributed by atoms with van der Waals surface area (Å²) in [5.41, 5.74) is 9.76. The molecule has 5 nitrogen and oxygen atoms in total. The Bertz CT molecular complexity index is 627. The lowest BCUT2D eigenvalue weighted by Gasteiger charge is -2.26. The topological polar surface area (TPSA) is 50.3 Å². The van der Waals surface area contributed by atoms with E-state index < -0.39 is 0 Å². The molecule has 0 bridgehead atoms. The van der Waals surface area contributed by atoms with Crippen LogP contribution >= 0.6 is 24.8 Å². The van der Waals surface area contributed by atoms with Gasteiger partial charge in [0.1, 0.15) is 5.82 Å². The summed E-state index contributed by atoms with van der Waals surface area (Å²) in [7, 11) is 4.24. The lowest BCUT2D eigenvalue weighted by molar-refractivity contribution is 0.238. The minimum absolute atomic E-state index is 0. The number of hydrogen-bond acceptors (Lipinski definition) is 4. The molecule has 134 valence electrons. The molecular weight excluding hydrogens is 345 g/mol. The van der Waals surface area contributed by atoms with Crippen LogP contribution < -0.4 is 5.73 Å². The molecule has 0 unspecified atom stereocenters. The van der Waals surface area contributed by atoms with Crippen LogP contribution in [0.15, 0.2) is 30.3 Å². The number of halogens is 2. The van der Waals surface area contributed by atoms with Crippen molar-refractivity contribution in [2.24, 2.45) is 0 Å². The molecule has 2 aromatic rings. The van der Waals surface area contributed by atoms with Crippen molar-refractivity contribution in [3.05, 3.63) is 41.6 Å². The second kappa shape index (κ2) is 9.28. The Morgan fingerprint density at radius 2 is 1.88 bits per heavy atom.